The van der Waals surface area contributed by atoms with Crippen molar-refractivity contribution in [3.05, 3.63) is 129 Å². The molecule has 176 valence electrons. The summed E-state index contributed by atoms with van der Waals surface area (Å²) in [5.41, 5.74) is 2.30. The van der Waals surface area contributed by atoms with Crippen molar-refractivity contribution in [1.29, 1.82) is 0 Å². The molecule has 1 aromatic heterocycles. The summed E-state index contributed by atoms with van der Waals surface area (Å²) in [5.74, 6) is 0.364. The van der Waals surface area contributed by atoms with Crippen LogP contribution in [0.1, 0.15) is 10.4 Å². The molecule has 0 amide bonds. The molecule has 8 heteroatoms. The Morgan fingerprint density at radius 2 is 1.61 bits per heavy atom. The maximum absolute atomic E-state index is 12.4. The highest BCUT2D eigenvalue weighted by Crippen LogP contribution is 2.25. The van der Waals surface area contributed by atoms with Gasteiger partial charge in [0.1, 0.15) is 17.1 Å². The number of carbonyl (C=O) groups is 1. The van der Waals surface area contributed by atoms with Gasteiger partial charge in [0.25, 0.3) is 5.69 Å². The molecule has 0 spiro atoms. The van der Waals surface area contributed by atoms with Crippen molar-refractivity contribution in [3.63, 3.8) is 0 Å². The highest BCUT2D eigenvalue weighted by molar-refractivity contribution is 6.31. The standard InChI is InChI=1S/C28H17ClN2O5/c29-20-8-15-26-24(16-20)25(17-27(36-26)18-4-2-1-3-5-18)30-21-9-13-23(14-10-21)35-28(32)19-6-11-22(12-7-19)31(33)34/h1-17H. The van der Waals surface area contributed by atoms with Gasteiger partial charge in [0.2, 0.25) is 0 Å². The van der Waals surface area contributed by atoms with Gasteiger partial charge in [0, 0.05) is 34.2 Å². The van der Waals surface area contributed by atoms with Crippen LogP contribution < -0.4 is 10.1 Å². The second-order valence-electron chi connectivity index (χ2n) is 7.80. The van der Waals surface area contributed by atoms with E-state index in [9.17, 15) is 14.9 Å². The fourth-order valence-electron chi connectivity index (χ4n) is 3.59. The van der Waals surface area contributed by atoms with Gasteiger partial charge < -0.3 is 9.15 Å². The second kappa shape index (κ2) is 9.85. The number of carbonyl (C=O) groups excluding carboxylic acids is 1. The molecule has 4 aromatic carbocycles. The summed E-state index contributed by atoms with van der Waals surface area (Å²) in [4.78, 5) is 27.4. The molecule has 0 fully saturated rings. The lowest BCUT2D eigenvalue weighted by Gasteiger charge is -2.06. The highest BCUT2D eigenvalue weighted by atomic mass is 35.5. The average Bonchev–Trinajstić information content (AvgIpc) is 2.90. The quantitative estimate of drug-likeness (QED) is 0.112. The van der Waals surface area contributed by atoms with Gasteiger partial charge >= 0.3 is 5.97 Å². The number of ether oxygens (including phenoxy) is 1. The van der Waals surface area contributed by atoms with E-state index in [1.54, 1.807) is 36.4 Å². The van der Waals surface area contributed by atoms with E-state index in [2.05, 4.69) is 0 Å². The SMILES string of the molecule is O=C(Oc1ccc(N=c2cc(-c3ccccc3)oc3ccc(Cl)cc23)cc1)c1ccc([N+](=O)[O-])cc1. The molecule has 0 bridgehead atoms. The lowest BCUT2D eigenvalue weighted by molar-refractivity contribution is -0.384. The van der Waals surface area contributed by atoms with E-state index >= 15 is 0 Å². The number of hydrogen-bond acceptors (Lipinski definition) is 6. The van der Waals surface area contributed by atoms with E-state index in [1.807, 2.05) is 42.5 Å². The Morgan fingerprint density at radius 3 is 2.31 bits per heavy atom. The van der Waals surface area contributed by atoms with Crippen molar-refractivity contribution >= 4 is 39.9 Å². The Balaban J connectivity index is 1.45. The maximum Gasteiger partial charge on any atom is 0.343 e. The summed E-state index contributed by atoms with van der Waals surface area (Å²) < 4.78 is 11.5. The third-order valence-corrected chi connectivity index (χ3v) is 5.61. The van der Waals surface area contributed by atoms with Gasteiger partial charge in [-0.3, -0.25) is 10.1 Å². The molecular weight excluding hydrogens is 480 g/mol. The smallest absolute Gasteiger partial charge is 0.343 e. The average molecular weight is 497 g/mol. The maximum atomic E-state index is 12.4. The molecular formula is C28H17ClN2O5. The van der Waals surface area contributed by atoms with E-state index in [0.717, 1.165) is 10.9 Å². The zero-order chi connectivity index (χ0) is 25.1. The van der Waals surface area contributed by atoms with Gasteiger partial charge in [0.05, 0.1) is 21.5 Å². The zero-order valence-corrected chi connectivity index (χ0v) is 19.4. The van der Waals surface area contributed by atoms with E-state index in [1.165, 1.54) is 24.3 Å². The summed E-state index contributed by atoms with van der Waals surface area (Å²) >= 11 is 6.23. The number of rotatable bonds is 5. The molecule has 5 aromatic rings. The monoisotopic (exact) mass is 496 g/mol. The van der Waals surface area contributed by atoms with Crippen LogP contribution >= 0.6 is 11.6 Å². The molecule has 0 aliphatic heterocycles. The van der Waals surface area contributed by atoms with Crippen LogP contribution in [0.25, 0.3) is 22.3 Å². The van der Waals surface area contributed by atoms with Crippen LogP contribution in [-0.2, 0) is 0 Å². The topological polar surface area (TPSA) is 94.9 Å². The lowest BCUT2D eigenvalue weighted by atomic mass is 10.1. The van der Waals surface area contributed by atoms with Crippen LogP contribution in [0.15, 0.2) is 113 Å². The first-order valence-electron chi connectivity index (χ1n) is 10.9. The third-order valence-electron chi connectivity index (χ3n) is 5.37. The second-order valence-corrected chi connectivity index (χ2v) is 8.24. The van der Waals surface area contributed by atoms with Crippen LogP contribution in [0.2, 0.25) is 5.02 Å². The molecule has 0 saturated carbocycles. The normalized spacial score (nSPS) is 11.4. The van der Waals surface area contributed by atoms with Gasteiger partial charge in [-0.15, -0.1) is 0 Å². The number of nitrogens with zero attached hydrogens (tertiary/aromatic N) is 2. The van der Waals surface area contributed by atoms with Crippen molar-refractivity contribution < 1.29 is 18.9 Å². The predicted molar refractivity (Wildman–Crippen MR) is 136 cm³/mol. The van der Waals surface area contributed by atoms with Gasteiger partial charge in [-0.1, -0.05) is 41.9 Å². The van der Waals surface area contributed by atoms with Gasteiger partial charge in [-0.2, -0.15) is 0 Å². The van der Waals surface area contributed by atoms with E-state index < -0.39 is 10.9 Å². The van der Waals surface area contributed by atoms with Crippen molar-refractivity contribution in [2.45, 2.75) is 0 Å². The molecule has 0 N–H and O–H groups in total. The Kier molecular flexibility index (Phi) is 6.30. The Bertz CT molecular complexity index is 1640. The Morgan fingerprint density at radius 1 is 0.889 bits per heavy atom. The van der Waals surface area contributed by atoms with Crippen molar-refractivity contribution in [1.82, 2.24) is 0 Å². The minimum absolute atomic E-state index is 0.101. The first-order chi connectivity index (χ1) is 17.5. The molecule has 1 heterocycles. The molecule has 0 aliphatic rings. The summed E-state index contributed by atoms with van der Waals surface area (Å²) in [6.07, 6.45) is 0. The Labute approximate surface area is 210 Å². The highest BCUT2D eigenvalue weighted by Gasteiger charge is 2.12. The molecule has 0 unspecified atom stereocenters. The van der Waals surface area contributed by atoms with E-state index in [0.29, 0.717) is 33.2 Å². The predicted octanol–water partition coefficient (Wildman–Crippen LogP) is 7.11. The zero-order valence-electron chi connectivity index (χ0n) is 18.6. The van der Waals surface area contributed by atoms with Crippen molar-refractivity contribution in [3.8, 4) is 17.1 Å². The molecule has 0 saturated heterocycles. The third kappa shape index (κ3) is 5.01. The first-order valence-corrected chi connectivity index (χ1v) is 11.2. The number of nitro groups is 1. The molecule has 7 nitrogen and oxygen atoms in total. The van der Waals surface area contributed by atoms with Gasteiger partial charge in [0.15, 0.2) is 0 Å². The fraction of sp³-hybridized carbons (Fsp3) is 0. The Hall–Kier alpha value is -4.75. The number of esters is 1. The fourth-order valence-corrected chi connectivity index (χ4v) is 3.76. The first kappa shape index (κ1) is 23.0. The van der Waals surface area contributed by atoms with Crippen LogP contribution in [0.4, 0.5) is 11.4 Å². The van der Waals surface area contributed by atoms with Crippen LogP contribution in [0, 0.1) is 10.1 Å². The largest absolute Gasteiger partial charge is 0.456 e. The van der Waals surface area contributed by atoms with Crippen LogP contribution in [0.3, 0.4) is 0 Å². The van der Waals surface area contributed by atoms with Crippen molar-refractivity contribution in [2.75, 3.05) is 0 Å². The number of nitro benzene ring substituents is 1. The number of non-ortho nitro benzene ring substituents is 1. The number of benzene rings is 4. The summed E-state index contributed by atoms with van der Waals surface area (Å²) in [6.45, 7) is 0. The van der Waals surface area contributed by atoms with Crippen LogP contribution in [0.5, 0.6) is 5.75 Å². The number of hydrogen-bond donors (Lipinski definition) is 0. The minimum atomic E-state index is -0.618. The molecule has 0 atom stereocenters. The summed E-state index contributed by atoms with van der Waals surface area (Å²) in [5, 5.41) is 12.8. The van der Waals surface area contributed by atoms with Gasteiger partial charge in [-0.05, 0) is 54.6 Å². The minimum Gasteiger partial charge on any atom is -0.456 e. The molecule has 36 heavy (non-hydrogen) atoms. The van der Waals surface area contributed by atoms with Gasteiger partial charge in [-0.25, -0.2) is 9.79 Å². The number of fused-ring (bicyclic) bond motifs is 1. The lowest BCUT2D eigenvalue weighted by Crippen LogP contribution is -2.08. The molecule has 0 radical (unpaired) electrons. The molecule has 5 rings (SSSR count). The summed E-state index contributed by atoms with van der Waals surface area (Å²) in [7, 11) is 0. The number of halogens is 1. The van der Waals surface area contributed by atoms with Crippen molar-refractivity contribution in [2.24, 2.45) is 4.99 Å². The molecule has 0 aliphatic carbocycles. The van der Waals surface area contributed by atoms with E-state index in [4.69, 9.17) is 25.7 Å². The van der Waals surface area contributed by atoms with Crippen LogP contribution in [-0.4, -0.2) is 10.9 Å². The summed E-state index contributed by atoms with van der Waals surface area (Å²) in [6, 6.07) is 28.9. The van der Waals surface area contributed by atoms with E-state index in [-0.39, 0.29) is 11.3 Å².